The van der Waals surface area contributed by atoms with E-state index in [9.17, 15) is 13.2 Å². The molecule has 0 fully saturated rings. The van der Waals surface area contributed by atoms with Crippen LogP contribution in [0.15, 0.2) is 24.4 Å². The summed E-state index contributed by atoms with van der Waals surface area (Å²) in [4.78, 5) is 15.4. The maximum absolute atomic E-state index is 13.5. The lowest BCUT2D eigenvalue weighted by molar-refractivity contribution is -0.137. The number of nitrogen functional groups attached to an aromatic ring is 2. The van der Waals surface area contributed by atoms with Crippen LogP contribution in [0.2, 0.25) is 5.28 Å². The van der Waals surface area contributed by atoms with Crippen LogP contribution in [0.1, 0.15) is 5.56 Å². The highest BCUT2D eigenvalue weighted by atomic mass is 35.5. The molecule has 0 aliphatic carbocycles. The lowest BCUT2D eigenvalue weighted by atomic mass is 10.0. The number of anilines is 6. The normalized spacial score (nSPS) is 12.6. The molecular weight excluding hydrogens is 385 g/mol. The van der Waals surface area contributed by atoms with Gasteiger partial charge in [-0.15, -0.1) is 0 Å². The predicted octanol–water partition coefficient (Wildman–Crippen LogP) is 3.57. The molecule has 3 aromatic heterocycles. The molecule has 4 heterocycles. The number of rotatable bonds is 1. The highest BCUT2D eigenvalue weighted by Crippen LogP contribution is 2.47. The predicted molar refractivity (Wildman–Crippen MR) is 94.9 cm³/mol. The van der Waals surface area contributed by atoms with Gasteiger partial charge in [0, 0.05) is 6.20 Å². The first-order valence-corrected chi connectivity index (χ1v) is 7.82. The first kappa shape index (κ1) is 17.1. The standard InChI is InChI=1S/C15H10ClF3N8/c16-14-22-4-5(15(17,18)19)9(26-14)8-10-11(13(21)27-12(8)20)25-7-3-1-2-6(23-7)24-10/h1-4H,(H4,20,21,27)(H2,23,24,25). The molecule has 0 amide bonds. The van der Waals surface area contributed by atoms with E-state index in [2.05, 4.69) is 30.6 Å². The van der Waals surface area contributed by atoms with Crippen LogP contribution in [-0.4, -0.2) is 19.9 Å². The molecule has 6 N–H and O–H groups in total. The summed E-state index contributed by atoms with van der Waals surface area (Å²) in [5.74, 6) is 0.533. The molecular formula is C15H10ClF3N8. The average Bonchev–Trinajstić information content (AvgIpc) is 2.69. The van der Waals surface area contributed by atoms with Gasteiger partial charge in [0.2, 0.25) is 5.28 Å². The summed E-state index contributed by atoms with van der Waals surface area (Å²) in [5.41, 5.74) is 10.5. The summed E-state index contributed by atoms with van der Waals surface area (Å²) in [6.45, 7) is 0. The number of alkyl halides is 3. The van der Waals surface area contributed by atoms with Crippen LogP contribution in [0.3, 0.4) is 0 Å². The van der Waals surface area contributed by atoms with Gasteiger partial charge >= 0.3 is 6.18 Å². The summed E-state index contributed by atoms with van der Waals surface area (Å²) < 4.78 is 40.5. The lowest BCUT2D eigenvalue weighted by Crippen LogP contribution is -2.13. The minimum atomic E-state index is -4.74. The number of nitrogens with zero attached hydrogens (tertiary/aromatic N) is 4. The van der Waals surface area contributed by atoms with E-state index in [4.69, 9.17) is 23.1 Å². The molecule has 1 aliphatic rings. The number of hydrogen-bond acceptors (Lipinski definition) is 8. The molecule has 0 unspecified atom stereocenters. The van der Waals surface area contributed by atoms with Crippen molar-refractivity contribution in [2.75, 3.05) is 22.1 Å². The molecule has 0 saturated heterocycles. The summed E-state index contributed by atoms with van der Waals surface area (Å²) >= 11 is 5.75. The Morgan fingerprint density at radius 2 is 1.59 bits per heavy atom. The second-order valence-electron chi connectivity index (χ2n) is 5.56. The fraction of sp³-hybridized carbons (Fsp3) is 0.0667. The van der Waals surface area contributed by atoms with Crippen molar-refractivity contribution in [1.82, 2.24) is 19.9 Å². The van der Waals surface area contributed by atoms with Crippen LogP contribution in [0.4, 0.5) is 47.8 Å². The van der Waals surface area contributed by atoms with Crippen LogP contribution >= 0.6 is 11.6 Å². The molecule has 8 nitrogen and oxygen atoms in total. The van der Waals surface area contributed by atoms with Gasteiger partial charge in [0.15, 0.2) is 5.82 Å². The number of fused-ring (bicyclic) bond motifs is 3. The molecule has 0 aromatic carbocycles. The molecule has 12 heteroatoms. The van der Waals surface area contributed by atoms with Crippen molar-refractivity contribution < 1.29 is 13.2 Å². The molecule has 0 saturated carbocycles. The van der Waals surface area contributed by atoms with Gasteiger partial charge in [-0.2, -0.15) is 13.2 Å². The van der Waals surface area contributed by atoms with Crippen LogP contribution in [-0.2, 0) is 6.18 Å². The van der Waals surface area contributed by atoms with Crippen molar-refractivity contribution in [3.05, 3.63) is 35.2 Å². The zero-order valence-corrected chi connectivity index (χ0v) is 14.0. The zero-order valence-electron chi connectivity index (χ0n) is 13.3. The quantitative estimate of drug-likeness (QED) is 0.361. The molecule has 4 rings (SSSR count). The molecule has 1 aliphatic heterocycles. The molecule has 3 aromatic rings. The second-order valence-corrected chi connectivity index (χ2v) is 5.90. The van der Waals surface area contributed by atoms with E-state index in [0.717, 1.165) is 0 Å². The summed E-state index contributed by atoms with van der Waals surface area (Å²) in [6.07, 6.45) is -4.15. The number of aromatic nitrogens is 4. The minimum Gasteiger partial charge on any atom is -0.383 e. The van der Waals surface area contributed by atoms with Gasteiger partial charge in [0.1, 0.15) is 28.7 Å². The third-order valence-electron chi connectivity index (χ3n) is 3.81. The van der Waals surface area contributed by atoms with Gasteiger partial charge in [-0.25, -0.2) is 19.9 Å². The maximum atomic E-state index is 13.5. The van der Waals surface area contributed by atoms with Crippen molar-refractivity contribution in [3.63, 3.8) is 0 Å². The molecule has 138 valence electrons. The van der Waals surface area contributed by atoms with Crippen LogP contribution in [0, 0.1) is 0 Å². The highest BCUT2D eigenvalue weighted by molar-refractivity contribution is 6.28. The number of halogens is 4. The van der Waals surface area contributed by atoms with Gasteiger partial charge in [-0.3, -0.25) is 0 Å². The average molecular weight is 395 g/mol. The van der Waals surface area contributed by atoms with Crippen molar-refractivity contribution >= 4 is 46.2 Å². The monoisotopic (exact) mass is 394 g/mol. The van der Waals surface area contributed by atoms with Gasteiger partial charge < -0.3 is 22.1 Å². The van der Waals surface area contributed by atoms with Gasteiger partial charge in [0.05, 0.1) is 16.9 Å². The Balaban J connectivity index is 2.05. The number of nitrogens with one attached hydrogen (secondary N) is 2. The molecule has 0 atom stereocenters. The summed E-state index contributed by atoms with van der Waals surface area (Å²) in [6, 6.07) is 5.01. The minimum absolute atomic E-state index is 0.0169. The van der Waals surface area contributed by atoms with E-state index in [0.29, 0.717) is 17.8 Å². The Labute approximate surface area is 154 Å². The summed E-state index contributed by atoms with van der Waals surface area (Å²) in [5, 5.41) is 5.48. The van der Waals surface area contributed by atoms with E-state index in [-0.39, 0.29) is 33.9 Å². The largest absolute Gasteiger partial charge is 0.419 e. The molecule has 27 heavy (non-hydrogen) atoms. The Kier molecular flexibility index (Phi) is 3.70. The number of nitrogens with two attached hydrogens (primary N) is 2. The van der Waals surface area contributed by atoms with Crippen LogP contribution in [0.5, 0.6) is 0 Å². The van der Waals surface area contributed by atoms with Crippen LogP contribution in [0.25, 0.3) is 11.3 Å². The second kappa shape index (κ2) is 5.84. The Bertz CT molecular complexity index is 1070. The smallest absolute Gasteiger partial charge is 0.383 e. The SMILES string of the molecule is Nc1nc(N)c(-c2nc(Cl)ncc2C(F)(F)F)c2c1Nc1cccc(n1)N2. The maximum Gasteiger partial charge on any atom is 0.419 e. The van der Waals surface area contributed by atoms with E-state index in [1.807, 2.05) is 0 Å². The van der Waals surface area contributed by atoms with Crippen molar-refractivity contribution in [1.29, 1.82) is 0 Å². The van der Waals surface area contributed by atoms with Crippen molar-refractivity contribution in [2.45, 2.75) is 6.18 Å². The fourth-order valence-electron chi connectivity index (χ4n) is 2.70. The third-order valence-corrected chi connectivity index (χ3v) is 3.99. The Morgan fingerprint density at radius 1 is 0.926 bits per heavy atom. The first-order valence-electron chi connectivity index (χ1n) is 7.44. The van der Waals surface area contributed by atoms with E-state index < -0.39 is 17.4 Å². The molecule has 2 bridgehead atoms. The Morgan fingerprint density at radius 3 is 2.26 bits per heavy atom. The number of pyridine rings is 2. The number of hydrogen-bond donors (Lipinski definition) is 4. The Hall–Kier alpha value is -3.34. The van der Waals surface area contributed by atoms with Gasteiger partial charge in [-0.05, 0) is 23.7 Å². The molecule has 0 radical (unpaired) electrons. The zero-order chi connectivity index (χ0) is 19.3. The van der Waals surface area contributed by atoms with Crippen LogP contribution < -0.4 is 22.1 Å². The first-order chi connectivity index (χ1) is 12.7. The van der Waals surface area contributed by atoms with Gasteiger partial charge in [-0.1, -0.05) is 6.07 Å². The highest BCUT2D eigenvalue weighted by Gasteiger charge is 2.37. The topological polar surface area (TPSA) is 128 Å². The lowest BCUT2D eigenvalue weighted by Gasteiger charge is -2.19. The van der Waals surface area contributed by atoms with E-state index in [1.54, 1.807) is 18.2 Å². The van der Waals surface area contributed by atoms with Gasteiger partial charge in [0.25, 0.3) is 0 Å². The fourth-order valence-corrected chi connectivity index (χ4v) is 2.84. The molecule has 0 spiro atoms. The van der Waals surface area contributed by atoms with E-state index >= 15 is 0 Å². The van der Waals surface area contributed by atoms with E-state index in [1.165, 1.54) is 0 Å². The van der Waals surface area contributed by atoms with Crippen molar-refractivity contribution in [2.24, 2.45) is 0 Å². The third kappa shape index (κ3) is 2.91. The van der Waals surface area contributed by atoms with Crippen molar-refractivity contribution in [3.8, 4) is 11.3 Å². The summed E-state index contributed by atoms with van der Waals surface area (Å²) in [7, 11) is 0.